The summed E-state index contributed by atoms with van der Waals surface area (Å²) in [6, 6.07) is 3.79. The molecule has 0 amide bonds. The van der Waals surface area contributed by atoms with Gasteiger partial charge in [0.2, 0.25) is 0 Å². The van der Waals surface area contributed by atoms with Crippen LogP contribution in [0.4, 0.5) is 24.5 Å². The third kappa shape index (κ3) is 4.44. The number of hydrogen-bond donors (Lipinski definition) is 3. The zero-order valence-electron chi connectivity index (χ0n) is 9.93. The van der Waals surface area contributed by atoms with Gasteiger partial charge in [0.25, 0.3) is 0 Å². The SMILES string of the molecule is Nc1ccc(NCCCCCO)cc1C(F)(F)F. The Kier molecular flexibility index (Phi) is 5.27. The maximum absolute atomic E-state index is 12.6. The fourth-order valence-electron chi connectivity index (χ4n) is 1.56. The molecule has 0 aliphatic rings. The molecule has 0 aliphatic heterocycles. The molecule has 4 N–H and O–H groups in total. The number of unbranched alkanes of at least 4 members (excludes halogenated alkanes) is 2. The first-order valence-electron chi connectivity index (χ1n) is 5.76. The highest BCUT2D eigenvalue weighted by Gasteiger charge is 2.33. The van der Waals surface area contributed by atoms with E-state index in [1.54, 1.807) is 0 Å². The quantitative estimate of drug-likeness (QED) is 0.545. The van der Waals surface area contributed by atoms with Gasteiger partial charge >= 0.3 is 6.18 Å². The van der Waals surface area contributed by atoms with Crippen molar-refractivity contribution in [1.29, 1.82) is 0 Å². The second-order valence-corrected chi connectivity index (χ2v) is 4.01. The molecule has 0 saturated carbocycles. The third-order valence-corrected chi connectivity index (χ3v) is 2.52. The molecule has 1 aromatic carbocycles. The minimum absolute atomic E-state index is 0.139. The molecule has 0 aromatic heterocycles. The number of alkyl halides is 3. The summed E-state index contributed by atoms with van der Waals surface area (Å²) in [5.74, 6) is 0. The lowest BCUT2D eigenvalue weighted by atomic mass is 10.1. The van der Waals surface area contributed by atoms with Crippen LogP contribution in [0.15, 0.2) is 18.2 Å². The van der Waals surface area contributed by atoms with Crippen molar-refractivity contribution in [3.63, 3.8) is 0 Å². The normalized spacial score (nSPS) is 11.6. The Bertz CT molecular complexity index is 380. The first-order valence-corrected chi connectivity index (χ1v) is 5.76. The van der Waals surface area contributed by atoms with Gasteiger partial charge in [-0.05, 0) is 37.5 Å². The smallest absolute Gasteiger partial charge is 0.398 e. The summed E-state index contributed by atoms with van der Waals surface area (Å²) in [5.41, 5.74) is 4.61. The van der Waals surface area contributed by atoms with Gasteiger partial charge in [0.15, 0.2) is 0 Å². The second kappa shape index (κ2) is 6.49. The highest BCUT2D eigenvalue weighted by atomic mass is 19.4. The molecular weight excluding hydrogens is 245 g/mol. The van der Waals surface area contributed by atoms with Gasteiger partial charge in [-0.15, -0.1) is 0 Å². The summed E-state index contributed by atoms with van der Waals surface area (Å²) in [4.78, 5) is 0. The number of hydrogen-bond acceptors (Lipinski definition) is 3. The first kappa shape index (κ1) is 14.6. The Hall–Kier alpha value is -1.43. The van der Waals surface area contributed by atoms with Crippen molar-refractivity contribution in [3.05, 3.63) is 23.8 Å². The molecule has 1 rings (SSSR count). The second-order valence-electron chi connectivity index (χ2n) is 4.01. The fraction of sp³-hybridized carbons (Fsp3) is 0.500. The van der Waals surface area contributed by atoms with Gasteiger partial charge in [0.1, 0.15) is 0 Å². The van der Waals surface area contributed by atoms with Crippen molar-refractivity contribution in [2.24, 2.45) is 0 Å². The van der Waals surface area contributed by atoms with Gasteiger partial charge < -0.3 is 16.2 Å². The lowest BCUT2D eigenvalue weighted by Crippen LogP contribution is -2.10. The minimum atomic E-state index is -4.43. The summed E-state index contributed by atoms with van der Waals surface area (Å²) < 4.78 is 37.7. The summed E-state index contributed by atoms with van der Waals surface area (Å²) in [6.07, 6.45) is -2.09. The van der Waals surface area contributed by atoms with E-state index < -0.39 is 11.7 Å². The average molecular weight is 262 g/mol. The molecule has 0 bridgehead atoms. The van der Waals surface area contributed by atoms with Gasteiger partial charge in [-0.3, -0.25) is 0 Å². The lowest BCUT2D eigenvalue weighted by Gasteiger charge is -2.13. The van der Waals surface area contributed by atoms with Gasteiger partial charge in [-0.1, -0.05) is 0 Å². The number of nitrogen functional groups attached to an aromatic ring is 1. The standard InChI is InChI=1S/C12H17F3N2O/c13-12(14,15)10-8-9(4-5-11(10)16)17-6-2-1-3-7-18/h4-5,8,17-18H,1-3,6-7,16H2. The maximum atomic E-state index is 12.6. The molecule has 102 valence electrons. The molecule has 6 heteroatoms. The van der Waals surface area contributed by atoms with E-state index in [-0.39, 0.29) is 12.3 Å². The number of nitrogens with two attached hydrogens (primary N) is 1. The predicted molar refractivity (Wildman–Crippen MR) is 65.3 cm³/mol. The molecule has 1 aromatic rings. The topological polar surface area (TPSA) is 58.3 Å². The van der Waals surface area contributed by atoms with Crippen LogP contribution in [0.3, 0.4) is 0 Å². The molecule has 0 radical (unpaired) electrons. The molecule has 0 heterocycles. The molecule has 0 atom stereocenters. The van der Waals surface area contributed by atoms with E-state index in [1.165, 1.54) is 12.1 Å². The largest absolute Gasteiger partial charge is 0.418 e. The molecule has 0 aliphatic carbocycles. The fourth-order valence-corrected chi connectivity index (χ4v) is 1.56. The number of aliphatic hydroxyl groups excluding tert-OH is 1. The molecule has 0 fully saturated rings. The zero-order chi connectivity index (χ0) is 13.6. The van der Waals surface area contributed by atoms with Crippen molar-refractivity contribution in [2.75, 3.05) is 24.2 Å². The lowest BCUT2D eigenvalue weighted by molar-refractivity contribution is -0.136. The number of benzene rings is 1. The maximum Gasteiger partial charge on any atom is 0.418 e. The molecule has 0 saturated heterocycles. The average Bonchev–Trinajstić information content (AvgIpc) is 2.29. The van der Waals surface area contributed by atoms with Crippen LogP contribution in [0.5, 0.6) is 0 Å². The Morgan fingerprint density at radius 2 is 1.89 bits per heavy atom. The summed E-state index contributed by atoms with van der Waals surface area (Å²) >= 11 is 0. The molecule has 3 nitrogen and oxygen atoms in total. The minimum Gasteiger partial charge on any atom is -0.398 e. The van der Waals surface area contributed by atoms with Gasteiger partial charge in [0.05, 0.1) is 5.56 Å². The highest BCUT2D eigenvalue weighted by molar-refractivity contribution is 5.58. The van der Waals surface area contributed by atoms with Gasteiger partial charge in [-0.2, -0.15) is 13.2 Å². The van der Waals surface area contributed by atoms with Crippen molar-refractivity contribution in [3.8, 4) is 0 Å². The number of anilines is 2. The van der Waals surface area contributed by atoms with Crippen LogP contribution in [0.25, 0.3) is 0 Å². The Morgan fingerprint density at radius 1 is 1.17 bits per heavy atom. The molecule has 0 spiro atoms. The van der Waals surface area contributed by atoms with Crippen molar-refractivity contribution in [2.45, 2.75) is 25.4 Å². The zero-order valence-corrected chi connectivity index (χ0v) is 9.93. The van der Waals surface area contributed by atoms with Crippen LogP contribution in [-0.4, -0.2) is 18.3 Å². The summed E-state index contributed by atoms with van der Waals surface area (Å²) in [6.45, 7) is 0.710. The highest BCUT2D eigenvalue weighted by Crippen LogP contribution is 2.35. The van der Waals surface area contributed by atoms with Crippen LogP contribution in [0.2, 0.25) is 0 Å². The van der Waals surface area contributed by atoms with E-state index in [4.69, 9.17) is 10.8 Å². The number of aliphatic hydroxyl groups is 1. The van der Waals surface area contributed by atoms with Gasteiger partial charge in [-0.25, -0.2) is 0 Å². The Balaban J connectivity index is 2.57. The van der Waals surface area contributed by atoms with Crippen molar-refractivity contribution < 1.29 is 18.3 Å². The van der Waals surface area contributed by atoms with Crippen LogP contribution in [0.1, 0.15) is 24.8 Å². The number of rotatable bonds is 6. The van der Waals surface area contributed by atoms with Crippen LogP contribution in [0, 0.1) is 0 Å². The van der Waals surface area contributed by atoms with Crippen LogP contribution in [-0.2, 0) is 6.18 Å². The van der Waals surface area contributed by atoms with Crippen molar-refractivity contribution in [1.82, 2.24) is 0 Å². The van der Waals surface area contributed by atoms with E-state index >= 15 is 0 Å². The Morgan fingerprint density at radius 3 is 2.50 bits per heavy atom. The monoisotopic (exact) mass is 262 g/mol. The van der Waals surface area contributed by atoms with E-state index in [1.807, 2.05) is 0 Å². The van der Waals surface area contributed by atoms with E-state index in [9.17, 15) is 13.2 Å². The predicted octanol–water partition coefficient (Wildman–Crippen LogP) is 2.86. The summed E-state index contributed by atoms with van der Waals surface area (Å²) in [5, 5.41) is 11.5. The molecule has 18 heavy (non-hydrogen) atoms. The first-order chi connectivity index (χ1) is 8.45. The van der Waals surface area contributed by atoms with Crippen LogP contribution < -0.4 is 11.1 Å². The number of nitrogens with one attached hydrogen (secondary N) is 1. The molecular formula is C12H17F3N2O. The Labute approximate surface area is 104 Å². The van der Waals surface area contributed by atoms with Crippen LogP contribution >= 0.6 is 0 Å². The van der Waals surface area contributed by atoms with Crippen molar-refractivity contribution >= 4 is 11.4 Å². The van der Waals surface area contributed by atoms with Gasteiger partial charge in [0, 0.05) is 24.5 Å². The molecule has 0 unspecified atom stereocenters. The summed E-state index contributed by atoms with van der Waals surface area (Å²) in [7, 11) is 0. The van der Waals surface area contributed by atoms with E-state index in [0.29, 0.717) is 18.7 Å². The third-order valence-electron chi connectivity index (χ3n) is 2.52. The van der Waals surface area contributed by atoms with E-state index in [0.717, 1.165) is 18.9 Å². The number of halogens is 3. The van der Waals surface area contributed by atoms with E-state index in [2.05, 4.69) is 5.32 Å².